The summed E-state index contributed by atoms with van der Waals surface area (Å²) in [4.78, 5) is 42.9. The van der Waals surface area contributed by atoms with Crippen LogP contribution < -0.4 is 10.9 Å². The summed E-state index contributed by atoms with van der Waals surface area (Å²) in [6.45, 7) is 1.78. The van der Waals surface area contributed by atoms with Gasteiger partial charge in [-0.2, -0.15) is 0 Å². The number of nitrogens with one attached hydrogen (secondary N) is 2. The molecule has 3 N–H and O–H groups in total. The van der Waals surface area contributed by atoms with Crippen LogP contribution in [0.3, 0.4) is 0 Å². The number of amides is 1. The van der Waals surface area contributed by atoms with Crippen LogP contribution >= 0.6 is 0 Å². The summed E-state index contributed by atoms with van der Waals surface area (Å²) in [5.74, 6) is -0.817. The fourth-order valence-corrected chi connectivity index (χ4v) is 5.87. The van der Waals surface area contributed by atoms with Crippen LogP contribution in [0.2, 0.25) is 0 Å². The second kappa shape index (κ2) is 8.80. The zero-order valence-corrected chi connectivity index (χ0v) is 19.6. The average molecular weight is 483 g/mol. The Hall–Kier alpha value is -4.17. The molecule has 1 fully saturated rings. The van der Waals surface area contributed by atoms with E-state index in [2.05, 4.69) is 10.3 Å². The third-order valence-electron chi connectivity index (χ3n) is 7.41. The van der Waals surface area contributed by atoms with Crippen LogP contribution in [0.5, 0.6) is 0 Å². The minimum atomic E-state index is -0.917. The van der Waals surface area contributed by atoms with Crippen molar-refractivity contribution in [1.82, 2.24) is 14.5 Å². The molecule has 36 heavy (non-hydrogen) atoms. The number of pyridine rings is 1. The zero-order chi connectivity index (χ0) is 24.8. The highest BCUT2D eigenvalue weighted by molar-refractivity contribution is 6.05. The molecule has 0 saturated carbocycles. The number of aromatic amines is 1. The summed E-state index contributed by atoms with van der Waals surface area (Å²) in [6, 6.07) is 19.0. The Morgan fingerprint density at radius 3 is 2.64 bits per heavy atom. The van der Waals surface area contributed by atoms with E-state index >= 15 is 0 Å². The second-order valence-electron chi connectivity index (χ2n) is 9.72. The third kappa shape index (κ3) is 3.89. The normalized spacial score (nSPS) is 20.0. The molecule has 2 aromatic carbocycles. The molecule has 0 radical (unpaired) electrons. The Labute approximate surface area is 207 Å². The molecule has 3 atom stereocenters. The lowest BCUT2D eigenvalue weighted by atomic mass is 9.82. The number of likely N-dealkylation sites (tertiary alicyclic amines) is 1. The van der Waals surface area contributed by atoms with E-state index in [9.17, 15) is 19.5 Å². The number of carboxylic acids is 1. The summed E-state index contributed by atoms with van der Waals surface area (Å²) in [5, 5.41) is 14.0. The van der Waals surface area contributed by atoms with Gasteiger partial charge in [0, 0.05) is 71.2 Å². The van der Waals surface area contributed by atoms with E-state index in [1.807, 2.05) is 45.9 Å². The Morgan fingerprint density at radius 1 is 1.00 bits per heavy atom. The number of benzene rings is 2. The van der Waals surface area contributed by atoms with E-state index in [4.69, 9.17) is 0 Å². The maximum absolute atomic E-state index is 12.7. The van der Waals surface area contributed by atoms with Crippen molar-refractivity contribution in [2.45, 2.75) is 24.9 Å². The van der Waals surface area contributed by atoms with Crippen molar-refractivity contribution in [2.75, 3.05) is 18.4 Å². The number of aromatic nitrogens is 2. The molecule has 1 amide bonds. The molecule has 4 heterocycles. The summed E-state index contributed by atoms with van der Waals surface area (Å²) >= 11 is 0. The summed E-state index contributed by atoms with van der Waals surface area (Å²) < 4.78 is 1.85. The number of aliphatic carboxylic acids is 1. The topological polar surface area (TPSA) is 107 Å². The van der Waals surface area contributed by atoms with Gasteiger partial charge < -0.3 is 20.0 Å². The van der Waals surface area contributed by atoms with Crippen molar-refractivity contribution in [1.29, 1.82) is 0 Å². The quantitative estimate of drug-likeness (QED) is 0.401. The van der Waals surface area contributed by atoms with Crippen molar-refractivity contribution in [3.05, 3.63) is 100 Å². The molecular weight excluding hydrogens is 456 g/mol. The van der Waals surface area contributed by atoms with Gasteiger partial charge in [-0.3, -0.25) is 19.3 Å². The molecule has 2 aromatic heterocycles. The summed E-state index contributed by atoms with van der Waals surface area (Å²) in [5.41, 5.74) is 3.62. The fourth-order valence-electron chi connectivity index (χ4n) is 5.87. The van der Waals surface area contributed by atoms with Crippen LogP contribution in [0.15, 0.2) is 77.7 Å². The van der Waals surface area contributed by atoms with Gasteiger partial charge in [0.05, 0.1) is 0 Å². The van der Waals surface area contributed by atoms with Crippen molar-refractivity contribution in [3.8, 4) is 0 Å². The molecule has 0 spiro atoms. The number of nitrogens with zero attached hydrogens (tertiary/aromatic N) is 2. The van der Waals surface area contributed by atoms with Crippen LogP contribution in [0.25, 0.3) is 10.9 Å². The molecule has 2 aliphatic rings. The molecule has 0 aliphatic carbocycles. The molecule has 2 aliphatic heterocycles. The number of rotatable bonds is 5. The molecule has 1 saturated heterocycles. The van der Waals surface area contributed by atoms with Gasteiger partial charge in [0.2, 0.25) is 0 Å². The highest BCUT2D eigenvalue weighted by Crippen LogP contribution is 2.40. The van der Waals surface area contributed by atoms with Crippen molar-refractivity contribution >= 4 is 28.5 Å². The predicted molar refractivity (Wildman–Crippen MR) is 136 cm³/mol. The zero-order valence-electron chi connectivity index (χ0n) is 19.6. The van der Waals surface area contributed by atoms with Crippen LogP contribution in [-0.4, -0.2) is 44.5 Å². The van der Waals surface area contributed by atoms with Gasteiger partial charge in [0.1, 0.15) is 6.04 Å². The molecular formula is C28H26N4O4. The molecule has 2 bridgehead atoms. The first-order chi connectivity index (χ1) is 17.5. The average Bonchev–Trinajstić information content (AvgIpc) is 3.28. The lowest BCUT2D eigenvalue weighted by molar-refractivity contribution is -0.144. The van der Waals surface area contributed by atoms with Crippen LogP contribution in [0, 0.1) is 5.92 Å². The highest BCUT2D eigenvalue weighted by Gasteiger charge is 2.40. The third-order valence-corrected chi connectivity index (χ3v) is 7.41. The second-order valence-corrected chi connectivity index (χ2v) is 9.72. The van der Waals surface area contributed by atoms with Gasteiger partial charge in [-0.15, -0.1) is 0 Å². The number of hydrogen-bond acceptors (Lipinski definition) is 4. The molecule has 8 heteroatoms. The first-order valence-electron chi connectivity index (χ1n) is 12.1. The maximum Gasteiger partial charge on any atom is 0.325 e. The van der Waals surface area contributed by atoms with E-state index in [0.717, 1.165) is 23.0 Å². The smallest absolute Gasteiger partial charge is 0.325 e. The largest absolute Gasteiger partial charge is 0.480 e. The van der Waals surface area contributed by atoms with Gasteiger partial charge in [0.25, 0.3) is 11.5 Å². The van der Waals surface area contributed by atoms with Crippen molar-refractivity contribution in [2.24, 2.45) is 5.92 Å². The van der Waals surface area contributed by atoms with E-state index in [1.165, 1.54) is 0 Å². The molecule has 4 aromatic rings. The lowest BCUT2D eigenvalue weighted by Gasteiger charge is -2.44. The minimum Gasteiger partial charge on any atom is -0.480 e. The summed E-state index contributed by atoms with van der Waals surface area (Å²) in [7, 11) is 0. The number of carbonyl (C=O) groups excluding carboxylic acids is 1. The van der Waals surface area contributed by atoms with Crippen LogP contribution in [-0.2, 0) is 11.3 Å². The monoisotopic (exact) mass is 482 g/mol. The molecule has 8 nitrogen and oxygen atoms in total. The Balaban J connectivity index is 1.32. The number of carboxylic acid groups (broad SMARTS) is 1. The van der Waals surface area contributed by atoms with Crippen molar-refractivity contribution < 1.29 is 14.7 Å². The SMILES string of the molecule is O=C(Nc1ccc2[nH]cc([C@@H](C(=O)O)N3C[C@H]4C[C@@H](C3)c3cccc(=O)n3C4)c2c1)c1ccccc1. The van der Waals surface area contributed by atoms with Crippen molar-refractivity contribution in [3.63, 3.8) is 0 Å². The first-order valence-corrected chi connectivity index (χ1v) is 12.1. The van der Waals surface area contributed by atoms with Gasteiger partial charge in [-0.05, 0) is 48.7 Å². The maximum atomic E-state index is 12.7. The minimum absolute atomic E-state index is 0.00661. The predicted octanol–water partition coefficient (Wildman–Crippen LogP) is 3.83. The van der Waals surface area contributed by atoms with Gasteiger partial charge in [-0.25, -0.2) is 0 Å². The van der Waals surface area contributed by atoms with Gasteiger partial charge in [-0.1, -0.05) is 24.3 Å². The van der Waals surface area contributed by atoms with Crippen LogP contribution in [0.4, 0.5) is 5.69 Å². The number of hydrogen-bond donors (Lipinski definition) is 3. The van der Waals surface area contributed by atoms with Gasteiger partial charge >= 0.3 is 5.97 Å². The Morgan fingerprint density at radius 2 is 1.83 bits per heavy atom. The highest BCUT2D eigenvalue weighted by atomic mass is 16.4. The van der Waals surface area contributed by atoms with E-state index < -0.39 is 12.0 Å². The number of fused-ring (bicyclic) bond motifs is 5. The summed E-state index contributed by atoms with van der Waals surface area (Å²) in [6.07, 6.45) is 2.71. The van der Waals surface area contributed by atoms with E-state index in [1.54, 1.807) is 36.5 Å². The standard InChI is InChI=1S/C28H26N4O4/c33-25-8-4-7-24-19-11-17(15-32(24)25)14-31(16-19)26(28(35)36)22-13-29-23-10-9-20(12-21(22)23)30-27(34)18-5-2-1-3-6-18/h1-10,12-13,17,19,26,29H,11,14-16H2,(H,30,34)(H,35,36)/t17-,19+,26+/m1/s1. The molecule has 182 valence electrons. The lowest BCUT2D eigenvalue weighted by Crippen LogP contribution is -2.49. The number of H-pyrrole nitrogens is 1. The number of anilines is 1. The Kier molecular flexibility index (Phi) is 5.45. The molecule has 6 rings (SSSR count). The fraction of sp³-hybridized carbons (Fsp3) is 0.250. The first kappa shape index (κ1) is 22.3. The van der Waals surface area contributed by atoms with Gasteiger partial charge in [0.15, 0.2) is 0 Å². The van der Waals surface area contributed by atoms with Crippen LogP contribution in [0.1, 0.15) is 40.0 Å². The molecule has 0 unspecified atom stereocenters. The van der Waals surface area contributed by atoms with E-state index in [0.29, 0.717) is 36.4 Å². The van der Waals surface area contributed by atoms with E-state index in [-0.39, 0.29) is 23.3 Å². The Bertz CT molecular complexity index is 1520. The number of carbonyl (C=O) groups is 2. The number of piperidine rings is 1.